The van der Waals surface area contributed by atoms with Crippen molar-refractivity contribution < 1.29 is 47.5 Å². The summed E-state index contributed by atoms with van der Waals surface area (Å²) in [5.41, 5.74) is 0.668. The van der Waals surface area contributed by atoms with E-state index < -0.39 is 5.92 Å². The van der Waals surface area contributed by atoms with Gasteiger partial charge in [0, 0.05) is 44.6 Å². The second-order valence-electron chi connectivity index (χ2n) is 15.2. The van der Waals surface area contributed by atoms with Crippen LogP contribution in [0.1, 0.15) is 53.7 Å². The molecule has 292 valence electrons. The molecule has 1 N–H and O–H groups in total. The summed E-state index contributed by atoms with van der Waals surface area (Å²) in [6.07, 6.45) is 2.39. The smallest absolute Gasteiger partial charge is 0.317 e. The molecule has 1 aliphatic heterocycles. The van der Waals surface area contributed by atoms with Crippen molar-refractivity contribution in [3.8, 4) is 0 Å². The Morgan fingerprint density at radius 3 is 1.65 bits per heavy atom. The van der Waals surface area contributed by atoms with E-state index in [2.05, 4.69) is 36.4 Å². The molecule has 2 aliphatic rings. The average Bonchev–Trinajstić information content (AvgIpc) is 3.61. The maximum absolute atomic E-state index is 12.8. The molecule has 2 atom stereocenters. The number of rotatable bonds is 26. The number of hydrogen-bond donors (Lipinski definition) is 1. The SMILES string of the molecule is CC(C)(C)C1CN(C(=O)NCCOCCOCCOCCOCCOCCOCCOCCn2cc(CC3C(=O)CC(C(C)(C)C)C3=O)nn2)C1. The molecule has 1 aromatic rings. The van der Waals surface area contributed by atoms with Crippen molar-refractivity contribution in [2.24, 2.45) is 28.6 Å². The molecule has 1 aromatic heterocycles. The number of ketones is 2. The van der Waals surface area contributed by atoms with Gasteiger partial charge in [-0.3, -0.25) is 9.59 Å². The van der Waals surface area contributed by atoms with E-state index in [1.165, 1.54) is 0 Å². The maximum atomic E-state index is 12.8. The van der Waals surface area contributed by atoms with Crippen LogP contribution >= 0.6 is 0 Å². The van der Waals surface area contributed by atoms with Gasteiger partial charge in [0.2, 0.25) is 0 Å². The van der Waals surface area contributed by atoms with Crippen LogP contribution in [0.25, 0.3) is 0 Å². The van der Waals surface area contributed by atoms with Crippen LogP contribution in [-0.2, 0) is 55.7 Å². The zero-order valence-electron chi connectivity index (χ0n) is 31.8. The van der Waals surface area contributed by atoms with E-state index in [9.17, 15) is 14.4 Å². The molecule has 3 rings (SSSR count). The van der Waals surface area contributed by atoms with Gasteiger partial charge in [0.25, 0.3) is 0 Å². The Kier molecular flexibility index (Phi) is 18.9. The number of likely N-dealkylation sites (tertiary alicyclic amines) is 1. The molecule has 0 spiro atoms. The first-order chi connectivity index (χ1) is 24.4. The summed E-state index contributed by atoms with van der Waals surface area (Å²) in [6.45, 7) is 21.8. The molecule has 1 saturated carbocycles. The Balaban J connectivity index is 0.997. The number of nitrogens with zero attached hydrogens (tertiary/aromatic N) is 4. The van der Waals surface area contributed by atoms with Gasteiger partial charge in [-0.15, -0.1) is 5.10 Å². The van der Waals surface area contributed by atoms with E-state index in [0.717, 1.165) is 13.1 Å². The van der Waals surface area contributed by atoms with E-state index in [0.29, 0.717) is 130 Å². The van der Waals surface area contributed by atoms with Crippen molar-refractivity contribution >= 4 is 17.6 Å². The van der Waals surface area contributed by atoms with Gasteiger partial charge in [0.05, 0.1) is 111 Å². The van der Waals surface area contributed by atoms with Crippen LogP contribution in [0.5, 0.6) is 0 Å². The largest absolute Gasteiger partial charge is 0.377 e. The standard InChI is InChI=1S/C36H63N5O10/c1-35(2,3)28-25-40(26-28)34(44)37-7-9-45-11-13-47-15-17-49-19-21-51-22-20-50-18-16-48-14-12-46-10-8-41-27-29(38-39-41)23-30-32(42)24-31(33(30)43)36(4,5)6/h27-28,30-31H,7-26H2,1-6H3,(H,37,44). The van der Waals surface area contributed by atoms with Crippen LogP contribution in [0.3, 0.4) is 0 Å². The van der Waals surface area contributed by atoms with Crippen molar-refractivity contribution in [1.29, 1.82) is 0 Å². The minimum atomic E-state index is -0.615. The van der Waals surface area contributed by atoms with Crippen molar-refractivity contribution in [3.05, 3.63) is 11.9 Å². The first kappa shape index (κ1) is 42.9. The lowest BCUT2D eigenvalue weighted by Crippen LogP contribution is -2.57. The first-order valence-corrected chi connectivity index (χ1v) is 18.4. The summed E-state index contributed by atoms with van der Waals surface area (Å²) in [4.78, 5) is 39.1. The van der Waals surface area contributed by atoms with Gasteiger partial charge in [-0.05, 0) is 16.7 Å². The van der Waals surface area contributed by atoms with Crippen LogP contribution in [-0.4, -0.2) is 150 Å². The molecule has 0 bridgehead atoms. The number of amides is 2. The first-order valence-electron chi connectivity index (χ1n) is 18.4. The molecular formula is C36H63N5O10. The lowest BCUT2D eigenvalue weighted by molar-refractivity contribution is -0.129. The molecule has 0 radical (unpaired) electrons. The lowest BCUT2D eigenvalue weighted by Gasteiger charge is -2.46. The summed E-state index contributed by atoms with van der Waals surface area (Å²) in [5.74, 6) is -0.257. The third kappa shape index (κ3) is 16.4. The van der Waals surface area contributed by atoms with Gasteiger partial charge in [0.15, 0.2) is 0 Å². The summed E-state index contributed by atoms with van der Waals surface area (Å²) in [7, 11) is 0. The average molecular weight is 726 g/mol. The van der Waals surface area contributed by atoms with Crippen LogP contribution in [0, 0.1) is 28.6 Å². The Morgan fingerprint density at radius 1 is 0.725 bits per heavy atom. The highest BCUT2D eigenvalue weighted by Gasteiger charge is 2.46. The lowest BCUT2D eigenvalue weighted by atomic mass is 9.76. The molecule has 15 heteroatoms. The monoisotopic (exact) mass is 725 g/mol. The van der Waals surface area contributed by atoms with Crippen LogP contribution in [0.4, 0.5) is 4.79 Å². The van der Waals surface area contributed by atoms with Crippen molar-refractivity contribution in [2.75, 3.05) is 112 Å². The molecule has 2 heterocycles. The van der Waals surface area contributed by atoms with Gasteiger partial charge >= 0.3 is 6.03 Å². The molecule has 2 fully saturated rings. The molecule has 1 aliphatic carbocycles. The minimum absolute atomic E-state index is 0.00289. The topological polar surface area (TPSA) is 162 Å². The summed E-state index contributed by atoms with van der Waals surface area (Å²) >= 11 is 0. The van der Waals surface area contributed by atoms with Crippen LogP contribution in [0.15, 0.2) is 6.20 Å². The zero-order valence-corrected chi connectivity index (χ0v) is 31.8. The van der Waals surface area contributed by atoms with E-state index in [-0.39, 0.29) is 34.3 Å². The second-order valence-corrected chi connectivity index (χ2v) is 15.2. The quantitative estimate of drug-likeness (QED) is 0.110. The predicted molar refractivity (Wildman–Crippen MR) is 188 cm³/mol. The Hall–Kier alpha value is -2.53. The fraction of sp³-hybridized carbons (Fsp3) is 0.861. The van der Waals surface area contributed by atoms with Gasteiger partial charge in [-0.1, -0.05) is 46.8 Å². The van der Waals surface area contributed by atoms with Gasteiger partial charge in [-0.25, -0.2) is 9.48 Å². The van der Waals surface area contributed by atoms with Crippen LogP contribution in [0.2, 0.25) is 0 Å². The molecule has 2 unspecified atom stereocenters. The van der Waals surface area contributed by atoms with Gasteiger partial charge in [-0.2, -0.15) is 0 Å². The normalized spacial score (nSPS) is 18.5. The zero-order chi connectivity index (χ0) is 37.1. The number of nitrogens with one attached hydrogen (secondary N) is 1. The van der Waals surface area contributed by atoms with E-state index >= 15 is 0 Å². The fourth-order valence-electron chi connectivity index (χ4n) is 5.66. The number of carbonyl (C=O) groups excluding carboxylic acids is 3. The Bertz CT molecular complexity index is 1160. The predicted octanol–water partition coefficient (Wildman–Crippen LogP) is 2.44. The number of hydrogen-bond acceptors (Lipinski definition) is 12. The van der Waals surface area contributed by atoms with E-state index in [4.69, 9.17) is 33.2 Å². The molecule has 51 heavy (non-hydrogen) atoms. The van der Waals surface area contributed by atoms with Crippen molar-refractivity contribution in [1.82, 2.24) is 25.2 Å². The summed E-state index contributed by atoms with van der Waals surface area (Å²) in [6, 6.07) is -0.0203. The number of aromatic nitrogens is 3. The minimum Gasteiger partial charge on any atom is -0.377 e. The molecule has 2 amide bonds. The molecular weight excluding hydrogens is 662 g/mol. The van der Waals surface area contributed by atoms with Crippen molar-refractivity contribution in [2.45, 2.75) is 60.9 Å². The summed E-state index contributed by atoms with van der Waals surface area (Å²) in [5, 5.41) is 11.1. The Labute approximate surface area is 303 Å². The maximum Gasteiger partial charge on any atom is 0.317 e. The molecule has 15 nitrogen and oxygen atoms in total. The highest BCUT2D eigenvalue weighted by molar-refractivity contribution is 6.10. The van der Waals surface area contributed by atoms with E-state index in [1.54, 1.807) is 10.9 Å². The fourth-order valence-corrected chi connectivity index (χ4v) is 5.66. The Morgan fingerprint density at radius 2 is 1.20 bits per heavy atom. The molecule has 1 saturated heterocycles. The number of Topliss-reactive ketones (excluding diaryl/α,β-unsaturated/α-hetero) is 2. The van der Waals surface area contributed by atoms with Crippen LogP contribution < -0.4 is 5.32 Å². The molecule has 0 aromatic carbocycles. The summed E-state index contributed by atoms with van der Waals surface area (Å²) < 4.78 is 40.3. The second kappa shape index (κ2) is 22.5. The number of carbonyl (C=O) groups is 3. The van der Waals surface area contributed by atoms with Gasteiger partial charge < -0.3 is 43.4 Å². The highest BCUT2D eigenvalue weighted by atomic mass is 16.6. The van der Waals surface area contributed by atoms with Gasteiger partial charge in [0.1, 0.15) is 11.6 Å². The number of ether oxygens (including phenoxy) is 7. The third-order valence-electron chi connectivity index (χ3n) is 9.14. The van der Waals surface area contributed by atoms with Crippen molar-refractivity contribution in [3.63, 3.8) is 0 Å². The highest BCUT2D eigenvalue weighted by Crippen LogP contribution is 2.38. The van der Waals surface area contributed by atoms with E-state index in [1.807, 2.05) is 25.7 Å². The number of urea groups is 1. The third-order valence-corrected chi connectivity index (χ3v) is 9.14.